The number of carbonyl (C=O) groups excluding carboxylic acids is 1. The predicted octanol–water partition coefficient (Wildman–Crippen LogP) is 4.35. The number of halogens is 1. The molecule has 0 atom stereocenters. The first-order chi connectivity index (χ1) is 12.6. The summed E-state index contributed by atoms with van der Waals surface area (Å²) in [5.74, 6) is -0.0276. The van der Waals surface area contributed by atoms with Crippen LogP contribution in [0.1, 0.15) is 43.2 Å². The SMILES string of the molecule is Nc1ccccc1CCC(=O)N(CCc1ccc(F)cc1)C1CCCC1. The molecule has 1 aliphatic carbocycles. The lowest BCUT2D eigenvalue weighted by Crippen LogP contribution is -2.40. The number of nitrogens with zero attached hydrogens (tertiary/aromatic N) is 1. The highest BCUT2D eigenvalue weighted by molar-refractivity contribution is 5.77. The van der Waals surface area contributed by atoms with Gasteiger partial charge in [0, 0.05) is 24.7 Å². The van der Waals surface area contributed by atoms with Crippen molar-refractivity contribution in [1.29, 1.82) is 0 Å². The lowest BCUT2D eigenvalue weighted by atomic mass is 10.1. The van der Waals surface area contributed by atoms with E-state index in [1.165, 1.54) is 25.0 Å². The molecule has 26 heavy (non-hydrogen) atoms. The zero-order valence-corrected chi connectivity index (χ0v) is 15.2. The van der Waals surface area contributed by atoms with Gasteiger partial charge in [-0.3, -0.25) is 4.79 Å². The maximum absolute atomic E-state index is 13.1. The van der Waals surface area contributed by atoms with Crippen molar-refractivity contribution in [3.63, 3.8) is 0 Å². The number of benzene rings is 2. The summed E-state index contributed by atoms with van der Waals surface area (Å²) in [6.07, 6.45) is 6.47. The minimum Gasteiger partial charge on any atom is -0.399 e. The molecule has 0 radical (unpaired) electrons. The second kappa shape index (κ2) is 8.84. The third-order valence-corrected chi connectivity index (χ3v) is 5.30. The second-order valence-corrected chi connectivity index (χ2v) is 7.10. The van der Waals surface area contributed by atoms with Crippen molar-refractivity contribution in [2.75, 3.05) is 12.3 Å². The van der Waals surface area contributed by atoms with Crippen LogP contribution in [-0.4, -0.2) is 23.4 Å². The first kappa shape index (κ1) is 18.4. The summed E-state index contributed by atoms with van der Waals surface area (Å²) >= 11 is 0. The van der Waals surface area contributed by atoms with E-state index in [0.717, 1.165) is 36.1 Å². The van der Waals surface area contributed by atoms with Crippen LogP contribution < -0.4 is 5.73 Å². The number of hydrogen-bond donors (Lipinski definition) is 1. The summed E-state index contributed by atoms with van der Waals surface area (Å²) in [7, 11) is 0. The summed E-state index contributed by atoms with van der Waals surface area (Å²) in [6, 6.07) is 14.6. The summed E-state index contributed by atoms with van der Waals surface area (Å²) in [5.41, 5.74) is 8.84. The molecule has 0 bridgehead atoms. The minimum atomic E-state index is -0.224. The summed E-state index contributed by atoms with van der Waals surface area (Å²) in [6.45, 7) is 0.694. The molecule has 3 nitrogen and oxygen atoms in total. The maximum atomic E-state index is 13.1. The van der Waals surface area contributed by atoms with Crippen molar-refractivity contribution >= 4 is 11.6 Å². The van der Waals surface area contributed by atoms with Gasteiger partial charge in [-0.05, 0) is 55.0 Å². The summed E-state index contributed by atoms with van der Waals surface area (Å²) in [5, 5.41) is 0. The monoisotopic (exact) mass is 354 g/mol. The van der Waals surface area contributed by atoms with Gasteiger partial charge in [0.2, 0.25) is 5.91 Å². The molecular weight excluding hydrogens is 327 g/mol. The molecule has 4 heteroatoms. The molecule has 0 heterocycles. The molecule has 1 aliphatic rings. The number of para-hydroxylation sites is 1. The van der Waals surface area contributed by atoms with E-state index >= 15 is 0 Å². The number of hydrogen-bond acceptors (Lipinski definition) is 2. The van der Waals surface area contributed by atoms with Gasteiger partial charge in [0.25, 0.3) is 0 Å². The Morgan fingerprint density at radius 3 is 2.42 bits per heavy atom. The summed E-state index contributed by atoms with van der Waals surface area (Å²) < 4.78 is 13.1. The van der Waals surface area contributed by atoms with E-state index in [1.54, 1.807) is 12.1 Å². The molecule has 1 saturated carbocycles. The van der Waals surface area contributed by atoms with Crippen molar-refractivity contribution in [2.45, 2.75) is 51.0 Å². The summed E-state index contributed by atoms with van der Waals surface area (Å²) in [4.78, 5) is 15.0. The van der Waals surface area contributed by atoms with Gasteiger partial charge in [-0.1, -0.05) is 43.2 Å². The molecule has 0 unspecified atom stereocenters. The fourth-order valence-corrected chi connectivity index (χ4v) is 3.77. The van der Waals surface area contributed by atoms with Crippen LogP contribution in [0, 0.1) is 5.82 Å². The Kier molecular flexibility index (Phi) is 6.26. The molecule has 0 spiro atoms. The van der Waals surface area contributed by atoms with Crippen molar-refractivity contribution in [3.05, 3.63) is 65.5 Å². The molecule has 2 aromatic carbocycles. The number of rotatable bonds is 7. The predicted molar refractivity (Wildman–Crippen MR) is 103 cm³/mol. The van der Waals surface area contributed by atoms with E-state index in [2.05, 4.69) is 4.90 Å². The standard InChI is InChI=1S/C22H27FN2O/c23-19-12-9-17(10-13-19)15-16-25(20-6-2-3-7-20)22(26)14-11-18-5-1-4-8-21(18)24/h1,4-5,8-10,12-13,20H,2-3,6-7,11,14-16,24H2. The number of anilines is 1. The highest BCUT2D eigenvalue weighted by Crippen LogP contribution is 2.25. The largest absolute Gasteiger partial charge is 0.399 e. The molecule has 1 amide bonds. The van der Waals surface area contributed by atoms with E-state index in [4.69, 9.17) is 5.73 Å². The van der Waals surface area contributed by atoms with Crippen molar-refractivity contribution < 1.29 is 9.18 Å². The van der Waals surface area contributed by atoms with Crippen LogP contribution in [0.5, 0.6) is 0 Å². The van der Waals surface area contributed by atoms with Gasteiger partial charge in [0.1, 0.15) is 5.82 Å². The third kappa shape index (κ3) is 4.84. The van der Waals surface area contributed by atoms with E-state index in [-0.39, 0.29) is 11.7 Å². The van der Waals surface area contributed by atoms with Crippen LogP contribution in [0.4, 0.5) is 10.1 Å². The highest BCUT2D eigenvalue weighted by atomic mass is 19.1. The van der Waals surface area contributed by atoms with Gasteiger partial charge < -0.3 is 10.6 Å². The van der Waals surface area contributed by atoms with Crippen LogP contribution in [0.3, 0.4) is 0 Å². The Bertz CT molecular complexity index is 723. The smallest absolute Gasteiger partial charge is 0.223 e. The molecule has 0 aliphatic heterocycles. The van der Waals surface area contributed by atoms with Gasteiger partial charge >= 0.3 is 0 Å². The average molecular weight is 354 g/mol. The van der Waals surface area contributed by atoms with E-state index in [0.29, 0.717) is 25.4 Å². The molecule has 0 aromatic heterocycles. The Hall–Kier alpha value is -2.36. The fourth-order valence-electron chi connectivity index (χ4n) is 3.77. The third-order valence-electron chi connectivity index (χ3n) is 5.30. The van der Waals surface area contributed by atoms with Crippen molar-refractivity contribution in [3.8, 4) is 0 Å². The molecule has 1 fully saturated rings. The Morgan fingerprint density at radius 2 is 1.73 bits per heavy atom. The van der Waals surface area contributed by atoms with Crippen LogP contribution in [0.2, 0.25) is 0 Å². The van der Waals surface area contributed by atoms with Crippen LogP contribution in [-0.2, 0) is 17.6 Å². The van der Waals surface area contributed by atoms with Crippen LogP contribution in [0.15, 0.2) is 48.5 Å². The highest BCUT2D eigenvalue weighted by Gasteiger charge is 2.26. The van der Waals surface area contributed by atoms with E-state index in [1.807, 2.05) is 24.3 Å². The van der Waals surface area contributed by atoms with Gasteiger partial charge in [0.05, 0.1) is 0 Å². The molecule has 0 saturated heterocycles. The second-order valence-electron chi connectivity index (χ2n) is 7.10. The van der Waals surface area contributed by atoms with Gasteiger partial charge in [-0.25, -0.2) is 4.39 Å². The molecule has 138 valence electrons. The molecule has 2 N–H and O–H groups in total. The molecule has 2 aromatic rings. The fraction of sp³-hybridized carbons (Fsp3) is 0.409. The lowest BCUT2D eigenvalue weighted by molar-refractivity contribution is -0.133. The van der Waals surface area contributed by atoms with Crippen molar-refractivity contribution in [2.24, 2.45) is 0 Å². The lowest BCUT2D eigenvalue weighted by Gasteiger charge is -2.29. The first-order valence-electron chi connectivity index (χ1n) is 9.51. The number of nitrogen functional groups attached to an aromatic ring is 1. The van der Waals surface area contributed by atoms with Crippen LogP contribution in [0.25, 0.3) is 0 Å². The van der Waals surface area contributed by atoms with E-state index < -0.39 is 0 Å². The number of amides is 1. The zero-order valence-electron chi connectivity index (χ0n) is 15.2. The zero-order chi connectivity index (χ0) is 18.4. The number of nitrogens with two attached hydrogens (primary N) is 1. The number of carbonyl (C=O) groups is 1. The number of aryl methyl sites for hydroxylation is 1. The van der Waals surface area contributed by atoms with Crippen molar-refractivity contribution in [1.82, 2.24) is 4.90 Å². The Labute approximate surface area is 155 Å². The van der Waals surface area contributed by atoms with Gasteiger partial charge in [-0.15, -0.1) is 0 Å². The maximum Gasteiger partial charge on any atom is 0.223 e. The van der Waals surface area contributed by atoms with Gasteiger partial charge in [-0.2, -0.15) is 0 Å². The first-order valence-corrected chi connectivity index (χ1v) is 9.51. The molecule has 3 rings (SSSR count). The molecular formula is C22H27FN2O. The average Bonchev–Trinajstić information content (AvgIpc) is 3.17. The minimum absolute atomic E-state index is 0.197. The normalized spacial score (nSPS) is 14.5. The Morgan fingerprint density at radius 1 is 1.04 bits per heavy atom. The Balaban J connectivity index is 1.62. The van der Waals surface area contributed by atoms with Gasteiger partial charge in [0.15, 0.2) is 0 Å². The van der Waals surface area contributed by atoms with E-state index in [9.17, 15) is 9.18 Å². The van der Waals surface area contributed by atoms with Crippen LogP contribution >= 0.6 is 0 Å². The topological polar surface area (TPSA) is 46.3 Å². The quantitative estimate of drug-likeness (QED) is 0.751.